The van der Waals surface area contributed by atoms with Gasteiger partial charge >= 0.3 is 0 Å². The van der Waals surface area contributed by atoms with Gasteiger partial charge in [0.1, 0.15) is 11.6 Å². The van der Waals surface area contributed by atoms with Crippen molar-refractivity contribution in [3.8, 4) is 0 Å². The predicted octanol–water partition coefficient (Wildman–Crippen LogP) is 3.32. The second-order valence-corrected chi connectivity index (χ2v) is 7.49. The molecule has 4 nitrogen and oxygen atoms in total. The quantitative estimate of drug-likeness (QED) is 0.898. The van der Waals surface area contributed by atoms with Crippen LogP contribution in [0.15, 0.2) is 24.4 Å². The highest BCUT2D eigenvalue weighted by molar-refractivity contribution is 7.15. The Kier molecular flexibility index (Phi) is 5.11. The van der Waals surface area contributed by atoms with Crippen molar-refractivity contribution >= 4 is 22.4 Å². The number of nitrogens with two attached hydrogens (primary N) is 1. The Morgan fingerprint density at radius 3 is 2.70 bits per heavy atom. The number of hydrogen-bond acceptors (Lipinski definition) is 4. The lowest BCUT2D eigenvalue weighted by Crippen LogP contribution is -2.45. The number of halogens is 2. The van der Waals surface area contributed by atoms with Gasteiger partial charge in [0.05, 0.1) is 6.04 Å². The van der Waals surface area contributed by atoms with E-state index in [0.29, 0.717) is 10.7 Å². The second-order valence-electron chi connectivity index (χ2n) is 6.38. The molecule has 0 radical (unpaired) electrons. The maximum atomic E-state index is 13.6. The molecule has 0 unspecified atom stereocenters. The lowest BCUT2D eigenvalue weighted by molar-refractivity contribution is -0.119. The number of thiazole rings is 1. The molecule has 1 heterocycles. The fourth-order valence-electron chi connectivity index (χ4n) is 1.88. The molecule has 23 heavy (non-hydrogen) atoms. The van der Waals surface area contributed by atoms with Gasteiger partial charge in [0.25, 0.3) is 0 Å². The zero-order chi connectivity index (χ0) is 17.2. The van der Waals surface area contributed by atoms with E-state index in [1.54, 1.807) is 6.20 Å². The summed E-state index contributed by atoms with van der Waals surface area (Å²) in [5.41, 5.74) is 5.90. The normalized spacial score (nSPS) is 13.0. The van der Waals surface area contributed by atoms with Crippen molar-refractivity contribution in [2.45, 2.75) is 33.2 Å². The second kappa shape index (κ2) is 6.72. The van der Waals surface area contributed by atoms with Gasteiger partial charge in [-0.05, 0) is 17.0 Å². The molecule has 0 aliphatic rings. The average Bonchev–Trinajstić information content (AvgIpc) is 2.87. The van der Waals surface area contributed by atoms with Crippen LogP contribution in [0.3, 0.4) is 0 Å². The number of nitrogens with zero attached hydrogens (tertiary/aromatic N) is 1. The molecule has 0 saturated heterocycles. The Balaban J connectivity index is 2.05. The number of benzene rings is 1. The van der Waals surface area contributed by atoms with E-state index in [-0.39, 0.29) is 17.7 Å². The summed E-state index contributed by atoms with van der Waals surface area (Å²) in [5.74, 6) is -1.52. The van der Waals surface area contributed by atoms with Gasteiger partial charge in [0, 0.05) is 23.6 Å². The van der Waals surface area contributed by atoms with Gasteiger partial charge in [-0.3, -0.25) is 4.79 Å². The van der Waals surface area contributed by atoms with Gasteiger partial charge in [0.15, 0.2) is 5.13 Å². The van der Waals surface area contributed by atoms with E-state index in [9.17, 15) is 13.6 Å². The van der Waals surface area contributed by atoms with Crippen LogP contribution in [-0.2, 0) is 11.2 Å². The molecule has 0 spiro atoms. The number of amides is 1. The maximum Gasteiger partial charge on any atom is 0.243 e. The fourth-order valence-corrected chi connectivity index (χ4v) is 2.71. The van der Waals surface area contributed by atoms with Gasteiger partial charge < -0.3 is 11.1 Å². The lowest BCUT2D eigenvalue weighted by Gasteiger charge is -2.25. The minimum Gasteiger partial charge on any atom is -0.319 e. The van der Waals surface area contributed by atoms with E-state index in [0.717, 1.165) is 10.9 Å². The van der Waals surface area contributed by atoms with Crippen LogP contribution in [0.2, 0.25) is 0 Å². The van der Waals surface area contributed by atoms with Crippen LogP contribution in [0.5, 0.6) is 0 Å². The number of anilines is 1. The topological polar surface area (TPSA) is 68.0 Å². The van der Waals surface area contributed by atoms with Crippen molar-refractivity contribution in [3.05, 3.63) is 46.5 Å². The summed E-state index contributed by atoms with van der Waals surface area (Å²) >= 11 is 1.24. The highest BCUT2D eigenvalue weighted by Gasteiger charge is 2.28. The molecule has 124 valence electrons. The number of nitrogens with one attached hydrogen (secondary N) is 1. The fraction of sp³-hybridized carbons (Fsp3) is 0.375. The van der Waals surface area contributed by atoms with Gasteiger partial charge in [-0.15, -0.1) is 11.3 Å². The number of carbonyl (C=O) groups is 1. The molecule has 0 fully saturated rings. The predicted molar refractivity (Wildman–Crippen MR) is 87.3 cm³/mol. The molecule has 2 rings (SSSR count). The first kappa shape index (κ1) is 17.5. The third-order valence-electron chi connectivity index (χ3n) is 3.38. The van der Waals surface area contributed by atoms with Crippen LogP contribution in [0.25, 0.3) is 0 Å². The van der Waals surface area contributed by atoms with Gasteiger partial charge in [-0.25, -0.2) is 13.8 Å². The summed E-state index contributed by atoms with van der Waals surface area (Å²) in [5, 5.41) is 3.08. The molecule has 1 amide bonds. The molecular formula is C16H19F2N3OS. The summed E-state index contributed by atoms with van der Waals surface area (Å²) in [6.45, 7) is 5.63. The number of aromatic nitrogens is 1. The first-order valence-electron chi connectivity index (χ1n) is 7.12. The van der Waals surface area contributed by atoms with Crippen molar-refractivity contribution in [2.24, 2.45) is 11.1 Å². The monoisotopic (exact) mass is 339 g/mol. The average molecular weight is 339 g/mol. The van der Waals surface area contributed by atoms with E-state index < -0.39 is 17.7 Å². The molecule has 0 aliphatic heterocycles. The zero-order valence-corrected chi connectivity index (χ0v) is 14.0. The summed E-state index contributed by atoms with van der Waals surface area (Å²) < 4.78 is 26.5. The van der Waals surface area contributed by atoms with Crippen molar-refractivity contribution < 1.29 is 13.6 Å². The van der Waals surface area contributed by atoms with Crippen LogP contribution >= 0.6 is 11.3 Å². The van der Waals surface area contributed by atoms with E-state index >= 15 is 0 Å². The number of rotatable bonds is 4. The molecule has 0 saturated carbocycles. The Morgan fingerprint density at radius 2 is 2.09 bits per heavy atom. The number of carbonyl (C=O) groups excluding carboxylic acids is 1. The summed E-state index contributed by atoms with van der Waals surface area (Å²) in [6, 6.07) is 2.80. The van der Waals surface area contributed by atoms with E-state index in [2.05, 4.69) is 10.3 Å². The molecule has 3 N–H and O–H groups in total. The Labute approximate surface area is 137 Å². The summed E-state index contributed by atoms with van der Waals surface area (Å²) in [4.78, 5) is 16.9. The van der Waals surface area contributed by atoms with Crippen LogP contribution < -0.4 is 11.1 Å². The lowest BCUT2D eigenvalue weighted by atomic mass is 9.87. The van der Waals surface area contributed by atoms with Gasteiger partial charge in [-0.2, -0.15) is 0 Å². The third kappa shape index (κ3) is 4.56. The van der Waals surface area contributed by atoms with Crippen molar-refractivity contribution in [1.82, 2.24) is 4.98 Å². The minimum absolute atomic E-state index is 0.283. The molecule has 0 aliphatic carbocycles. The third-order valence-corrected chi connectivity index (χ3v) is 4.29. The van der Waals surface area contributed by atoms with Crippen LogP contribution in [0.1, 0.15) is 31.2 Å². The van der Waals surface area contributed by atoms with Crippen LogP contribution in [0.4, 0.5) is 13.9 Å². The Bertz CT molecular complexity index is 710. The summed E-state index contributed by atoms with van der Waals surface area (Å²) in [6.07, 6.45) is 1.84. The largest absolute Gasteiger partial charge is 0.319 e. The molecular weight excluding hydrogens is 320 g/mol. The first-order valence-corrected chi connectivity index (χ1v) is 7.93. The highest BCUT2D eigenvalue weighted by Crippen LogP contribution is 2.24. The molecule has 1 atom stereocenters. The number of hydrogen-bond donors (Lipinski definition) is 2. The maximum absolute atomic E-state index is 13.6. The van der Waals surface area contributed by atoms with Crippen molar-refractivity contribution in [3.63, 3.8) is 0 Å². The first-order chi connectivity index (χ1) is 10.7. The molecule has 1 aromatic carbocycles. The van der Waals surface area contributed by atoms with Crippen molar-refractivity contribution in [2.75, 3.05) is 5.32 Å². The smallest absolute Gasteiger partial charge is 0.243 e. The Hall–Kier alpha value is -1.86. The van der Waals surface area contributed by atoms with E-state index in [1.807, 2.05) is 20.8 Å². The molecule has 2 aromatic rings. The van der Waals surface area contributed by atoms with E-state index in [4.69, 9.17) is 5.73 Å². The SMILES string of the molecule is CC(C)(C)[C@H](N)C(=O)Nc1ncc(Cc2ccc(F)cc2F)s1. The van der Waals surface area contributed by atoms with E-state index in [1.165, 1.54) is 23.5 Å². The van der Waals surface area contributed by atoms with Gasteiger partial charge in [-0.1, -0.05) is 26.8 Å². The summed E-state index contributed by atoms with van der Waals surface area (Å²) in [7, 11) is 0. The highest BCUT2D eigenvalue weighted by atomic mass is 32.1. The molecule has 0 bridgehead atoms. The Morgan fingerprint density at radius 1 is 1.39 bits per heavy atom. The standard InChI is InChI=1S/C16H19F2N3OS/c1-16(2,3)13(19)14(22)21-15-20-8-11(23-15)6-9-4-5-10(17)7-12(9)18/h4-5,7-8,13H,6,19H2,1-3H3,(H,20,21,22)/t13-/m1/s1. The van der Waals surface area contributed by atoms with Crippen LogP contribution in [-0.4, -0.2) is 16.9 Å². The zero-order valence-electron chi connectivity index (χ0n) is 13.2. The molecule has 1 aromatic heterocycles. The van der Waals surface area contributed by atoms with Crippen molar-refractivity contribution in [1.29, 1.82) is 0 Å². The minimum atomic E-state index is -0.663. The molecule has 7 heteroatoms. The van der Waals surface area contributed by atoms with Gasteiger partial charge in [0.2, 0.25) is 5.91 Å². The van der Waals surface area contributed by atoms with Crippen LogP contribution in [0, 0.1) is 17.0 Å².